The normalized spacial score (nSPS) is 11.8. The van der Waals surface area contributed by atoms with Gasteiger partial charge < -0.3 is 5.73 Å². The van der Waals surface area contributed by atoms with E-state index in [9.17, 15) is 13.2 Å². The minimum atomic E-state index is -4.52. The number of alkyl halides is 3. The Bertz CT molecular complexity index is 531. The predicted octanol–water partition coefficient (Wildman–Crippen LogP) is 2.28. The van der Waals surface area contributed by atoms with Crippen molar-refractivity contribution in [2.75, 3.05) is 5.43 Å². The van der Waals surface area contributed by atoms with Gasteiger partial charge in [0, 0.05) is 0 Å². The van der Waals surface area contributed by atoms with Gasteiger partial charge in [-0.3, -0.25) is 5.43 Å². The molecule has 0 aliphatic rings. The van der Waals surface area contributed by atoms with Crippen molar-refractivity contribution < 1.29 is 13.2 Å². The zero-order valence-corrected chi connectivity index (χ0v) is 9.64. The Morgan fingerprint density at radius 1 is 1.39 bits per heavy atom. The number of nitrogens with one attached hydrogen (secondary N) is 1. The number of thiocarbonyl (C=S) groups is 1. The maximum atomic E-state index is 12.6. The van der Waals surface area contributed by atoms with E-state index in [4.69, 9.17) is 11.0 Å². The Morgan fingerprint density at radius 2 is 2.00 bits per heavy atom. The highest BCUT2D eigenvalue weighted by atomic mass is 32.1. The summed E-state index contributed by atoms with van der Waals surface area (Å²) < 4.78 is 37.8. The molecule has 3 N–H and O–H groups in total. The van der Waals surface area contributed by atoms with Gasteiger partial charge in [0.2, 0.25) is 0 Å². The lowest BCUT2D eigenvalue weighted by Gasteiger charge is -2.11. The van der Waals surface area contributed by atoms with Crippen LogP contribution < -0.4 is 11.2 Å². The number of anilines is 1. The summed E-state index contributed by atoms with van der Waals surface area (Å²) in [5, 5.41) is 12.0. The zero-order chi connectivity index (χ0) is 13.8. The highest BCUT2D eigenvalue weighted by Crippen LogP contribution is 2.34. The Kier molecular flexibility index (Phi) is 4.23. The van der Waals surface area contributed by atoms with Crippen LogP contribution in [-0.4, -0.2) is 10.7 Å². The first kappa shape index (κ1) is 13.9. The molecule has 1 aromatic rings. The van der Waals surface area contributed by atoms with Gasteiger partial charge in [0.15, 0.2) is 5.71 Å². The van der Waals surface area contributed by atoms with E-state index < -0.39 is 11.7 Å². The number of nitrogens with two attached hydrogens (primary N) is 1. The molecule has 0 heterocycles. The fraction of sp³-hybridized carbons (Fsp3) is 0.100. The standard InChI is InChI=1S/C10H7F3N4S/c11-10(12,13)6-3-1-2-4-7(6)16-17-8(5-14)9(15)18/h1-4,16H,(H2,15,18)/b17-8+. The minimum Gasteiger partial charge on any atom is -0.387 e. The summed E-state index contributed by atoms with van der Waals surface area (Å²) in [7, 11) is 0. The van der Waals surface area contributed by atoms with Crippen LogP contribution in [0, 0.1) is 11.3 Å². The van der Waals surface area contributed by atoms with Crippen molar-refractivity contribution in [1.82, 2.24) is 0 Å². The molecule has 1 rings (SSSR count). The monoisotopic (exact) mass is 272 g/mol. The number of hydrogen-bond acceptors (Lipinski definition) is 4. The van der Waals surface area contributed by atoms with Gasteiger partial charge in [0.25, 0.3) is 0 Å². The smallest absolute Gasteiger partial charge is 0.387 e. The molecule has 1 aromatic carbocycles. The third kappa shape index (κ3) is 3.43. The van der Waals surface area contributed by atoms with Crippen molar-refractivity contribution in [2.45, 2.75) is 6.18 Å². The zero-order valence-electron chi connectivity index (χ0n) is 8.82. The van der Waals surface area contributed by atoms with E-state index in [-0.39, 0.29) is 16.4 Å². The average Bonchev–Trinajstić information content (AvgIpc) is 2.28. The lowest BCUT2D eigenvalue weighted by Crippen LogP contribution is -2.20. The molecular weight excluding hydrogens is 265 g/mol. The number of nitriles is 1. The van der Waals surface area contributed by atoms with Crippen LogP contribution in [0.15, 0.2) is 29.4 Å². The molecule has 0 unspecified atom stereocenters. The maximum Gasteiger partial charge on any atom is 0.418 e. The van der Waals surface area contributed by atoms with Gasteiger partial charge in [-0.2, -0.15) is 23.5 Å². The minimum absolute atomic E-state index is 0.283. The van der Waals surface area contributed by atoms with Crippen LogP contribution >= 0.6 is 12.2 Å². The van der Waals surface area contributed by atoms with Crippen LogP contribution in [0.4, 0.5) is 18.9 Å². The van der Waals surface area contributed by atoms with Crippen LogP contribution in [0.5, 0.6) is 0 Å². The van der Waals surface area contributed by atoms with Crippen LogP contribution in [0.25, 0.3) is 0 Å². The highest BCUT2D eigenvalue weighted by molar-refractivity contribution is 7.82. The van der Waals surface area contributed by atoms with Crippen molar-refractivity contribution in [3.8, 4) is 6.07 Å². The fourth-order valence-electron chi connectivity index (χ4n) is 1.08. The lowest BCUT2D eigenvalue weighted by molar-refractivity contribution is -0.136. The molecule has 0 fully saturated rings. The van der Waals surface area contributed by atoms with E-state index in [0.29, 0.717) is 0 Å². The van der Waals surface area contributed by atoms with E-state index >= 15 is 0 Å². The Balaban J connectivity index is 3.07. The van der Waals surface area contributed by atoms with Crippen LogP contribution in [0.3, 0.4) is 0 Å². The van der Waals surface area contributed by atoms with Gasteiger partial charge in [-0.1, -0.05) is 24.4 Å². The van der Waals surface area contributed by atoms with Crippen LogP contribution in [0.1, 0.15) is 5.56 Å². The first-order chi connectivity index (χ1) is 8.36. The second-order valence-corrected chi connectivity index (χ2v) is 3.53. The molecule has 0 saturated carbocycles. The van der Waals surface area contributed by atoms with E-state index in [2.05, 4.69) is 22.7 Å². The Morgan fingerprint density at radius 3 is 2.50 bits per heavy atom. The summed E-state index contributed by atoms with van der Waals surface area (Å²) in [4.78, 5) is -0.297. The topological polar surface area (TPSA) is 74.2 Å². The predicted molar refractivity (Wildman–Crippen MR) is 64.9 cm³/mol. The van der Waals surface area contributed by atoms with Crippen molar-refractivity contribution in [3.05, 3.63) is 29.8 Å². The first-order valence-electron chi connectivity index (χ1n) is 4.56. The summed E-state index contributed by atoms with van der Waals surface area (Å²) in [6, 6.07) is 6.29. The van der Waals surface area contributed by atoms with Crippen LogP contribution in [-0.2, 0) is 6.18 Å². The summed E-state index contributed by atoms with van der Waals surface area (Å²) in [6.07, 6.45) is -4.52. The molecule has 0 bridgehead atoms. The fourth-order valence-corrected chi connectivity index (χ4v) is 1.17. The van der Waals surface area contributed by atoms with E-state index in [1.807, 2.05) is 0 Å². The lowest BCUT2D eigenvalue weighted by atomic mass is 10.2. The number of halogens is 3. The average molecular weight is 272 g/mol. The quantitative estimate of drug-likeness (QED) is 0.503. The third-order valence-electron chi connectivity index (χ3n) is 1.86. The van der Waals surface area contributed by atoms with Crippen molar-refractivity contribution in [3.63, 3.8) is 0 Å². The molecule has 8 heteroatoms. The first-order valence-corrected chi connectivity index (χ1v) is 4.97. The Labute approximate surface area is 106 Å². The number of para-hydroxylation sites is 1. The second kappa shape index (κ2) is 5.46. The van der Waals surface area contributed by atoms with Crippen molar-refractivity contribution in [2.24, 2.45) is 10.8 Å². The van der Waals surface area contributed by atoms with Gasteiger partial charge in [-0.15, -0.1) is 0 Å². The largest absolute Gasteiger partial charge is 0.418 e. The number of hydrogen-bond donors (Lipinski definition) is 2. The number of nitrogens with zero attached hydrogens (tertiary/aromatic N) is 2. The molecule has 18 heavy (non-hydrogen) atoms. The number of hydrazone groups is 1. The molecule has 0 aliphatic heterocycles. The van der Waals surface area contributed by atoms with Crippen molar-refractivity contribution in [1.29, 1.82) is 5.26 Å². The third-order valence-corrected chi connectivity index (χ3v) is 2.05. The number of rotatable bonds is 3. The summed E-state index contributed by atoms with van der Waals surface area (Å²) in [6.45, 7) is 0. The molecule has 4 nitrogen and oxygen atoms in total. The molecule has 0 radical (unpaired) electrons. The SMILES string of the molecule is N#C/C(=N\Nc1ccccc1C(F)(F)F)C(N)=S. The molecule has 0 amide bonds. The summed E-state index contributed by atoms with van der Waals surface area (Å²) >= 11 is 4.50. The van der Waals surface area contributed by atoms with Gasteiger partial charge in [0.1, 0.15) is 11.1 Å². The molecule has 94 valence electrons. The van der Waals surface area contributed by atoms with Crippen LogP contribution in [0.2, 0.25) is 0 Å². The molecule has 0 aliphatic carbocycles. The molecular formula is C10H7F3N4S. The van der Waals surface area contributed by atoms with Gasteiger partial charge in [0.05, 0.1) is 11.3 Å². The molecule has 0 atom stereocenters. The van der Waals surface area contributed by atoms with Gasteiger partial charge in [-0.05, 0) is 12.1 Å². The Hall–Kier alpha value is -2.14. The summed E-state index contributed by atoms with van der Waals surface area (Å²) in [5.74, 6) is 0. The van der Waals surface area contributed by atoms with Crippen molar-refractivity contribution >= 4 is 28.6 Å². The van der Waals surface area contributed by atoms with Gasteiger partial charge >= 0.3 is 6.18 Å². The van der Waals surface area contributed by atoms with E-state index in [0.717, 1.165) is 6.07 Å². The van der Waals surface area contributed by atoms with E-state index in [1.165, 1.54) is 18.2 Å². The maximum absolute atomic E-state index is 12.6. The molecule has 0 aromatic heterocycles. The van der Waals surface area contributed by atoms with Gasteiger partial charge in [-0.25, -0.2) is 0 Å². The second-order valence-electron chi connectivity index (χ2n) is 3.09. The highest BCUT2D eigenvalue weighted by Gasteiger charge is 2.33. The van der Waals surface area contributed by atoms with E-state index in [1.54, 1.807) is 6.07 Å². The summed E-state index contributed by atoms with van der Waals surface area (Å²) in [5.41, 5.74) is 5.76. The molecule has 0 spiro atoms. The number of benzene rings is 1. The molecule has 0 saturated heterocycles.